The number of anilines is 2. The first-order valence-corrected chi connectivity index (χ1v) is 9.82. The van der Waals surface area contributed by atoms with E-state index in [-0.39, 0.29) is 24.8 Å². The lowest BCUT2D eigenvalue weighted by Crippen LogP contribution is -2.28. The van der Waals surface area contributed by atoms with Crippen molar-refractivity contribution < 1.29 is 28.2 Å². The lowest BCUT2D eigenvalue weighted by Gasteiger charge is -2.20. The average Bonchev–Trinajstić information content (AvgIpc) is 3.48. The molecule has 3 aromatic rings. The molecule has 1 fully saturated rings. The molecule has 32 heavy (non-hydrogen) atoms. The molecule has 0 spiro atoms. The molecule has 1 aliphatic heterocycles. The van der Waals surface area contributed by atoms with Crippen LogP contribution in [0.4, 0.5) is 11.4 Å². The first kappa shape index (κ1) is 21.2. The van der Waals surface area contributed by atoms with Gasteiger partial charge in [0.25, 0.3) is 0 Å². The molecule has 4 rings (SSSR count). The van der Waals surface area contributed by atoms with E-state index in [9.17, 15) is 9.59 Å². The Morgan fingerprint density at radius 2 is 1.88 bits per heavy atom. The van der Waals surface area contributed by atoms with Gasteiger partial charge in [0.15, 0.2) is 11.5 Å². The Kier molecular flexibility index (Phi) is 5.93. The summed E-state index contributed by atoms with van der Waals surface area (Å²) in [5.74, 6) is 0.705. The number of ether oxygens (including phenoxy) is 3. The number of methoxy groups -OCH3 is 3. The smallest absolute Gasteiger partial charge is 0.247 e. The molecule has 1 atom stereocenters. The van der Waals surface area contributed by atoms with Crippen LogP contribution in [0.1, 0.15) is 6.42 Å². The van der Waals surface area contributed by atoms with Gasteiger partial charge in [-0.2, -0.15) is 0 Å². The Balaban J connectivity index is 1.51. The van der Waals surface area contributed by atoms with Crippen LogP contribution in [-0.2, 0) is 9.59 Å². The van der Waals surface area contributed by atoms with Crippen molar-refractivity contribution in [2.75, 3.05) is 38.1 Å². The van der Waals surface area contributed by atoms with Crippen LogP contribution < -0.4 is 24.4 Å². The molecule has 0 aliphatic carbocycles. The second-order valence-electron chi connectivity index (χ2n) is 7.10. The molecule has 0 saturated carbocycles. The van der Waals surface area contributed by atoms with Gasteiger partial charge in [-0.15, -0.1) is 10.2 Å². The summed E-state index contributed by atoms with van der Waals surface area (Å²) in [6.45, 7) is 0.229. The van der Waals surface area contributed by atoms with Gasteiger partial charge in [0.1, 0.15) is 0 Å². The molecule has 10 nitrogen and oxygen atoms in total. The van der Waals surface area contributed by atoms with Crippen LogP contribution in [0, 0.1) is 5.92 Å². The molecule has 2 amide bonds. The van der Waals surface area contributed by atoms with Crippen LogP contribution in [0.3, 0.4) is 0 Å². The SMILES string of the molecule is COc1cc(N2CC(C(=O)Nc3cccc(-c4nnco4)c3)CC2=O)cc(OC)c1OC. The molecule has 166 valence electrons. The van der Waals surface area contributed by atoms with Crippen molar-refractivity contribution in [2.45, 2.75) is 6.42 Å². The normalized spacial score (nSPS) is 15.5. The molecule has 1 unspecified atom stereocenters. The van der Waals surface area contributed by atoms with Gasteiger partial charge in [-0.1, -0.05) is 6.07 Å². The summed E-state index contributed by atoms with van der Waals surface area (Å²) in [6.07, 6.45) is 1.33. The fraction of sp³-hybridized carbons (Fsp3) is 0.273. The zero-order valence-electron chi connectivity index (χ0n) is 17.8. The van der Waals surface area contributed by atoms with Crippen LogP contribution in [-0.4, -0.2) is 49.9 Å². The van der Waals surface area contributed by atoms with Gasteiger partial charge in [-0.05, 0) is 18.2 Å². The van der Waals surface area contributed by atoms with Crippen molar-refractivity contribution >= 4 is 23.2 Å². The zero-order chi connectivity index (χ0) is 22.7. The molecule has 10 heteroatoms. The fourth-order valence-electron chi connectivity index (χ4n) is 3.63. The number of carbonyl (C=O) groups excluding carboxylic acids is 2. The predicted molar refractivity (Wildman–Crippen MR) is 115 cm³/mol. The van der Waals surface area contributed by atoms with Gasteiger partial charge in [0.05, 0.1) is 32.9 Å². The van der Waals surface area contributed by atoms with Crippen molar-refractivity contribution in [2.24, 2.45) is 5.92 Å². The quantitative estimate of drug-likeness (QED) is 0.599. The van der Waals surface area contributed by atoms with Crippen LogP contribution in [0.25, 0.3) is 11.5 Å². The maximum Gasteiger partial charge on any atom is 0.247 e. The molecule has 0 radical (unpaired) electrons. The number of nitrogens with one attached hydrogen (secondary N) is 1. The van der Waals surface area contributed by atoms with E-state index in [0.29, 0.717) is 40.1 Å². The van der Waals surface area contributed by atoms with Crippen molar-refractivity contribution in [3.05, 3.63) is 42.8 Å². The third-order valence-electron chi connectivity index (χ3n) is 5.19. The Morgan fingerprint density at radius 3 is 2.50 bits per heavy atom. The second kappa shape index (κ2) is 8.96. The zero-order valence-corrected chi connectivity index (χ0v) is 17.8. The van der Waals surface area contributed by atoms with E-state index in [0.717, 1.165) is 0 Å². The largest absolute Gasteiger partial charge is 0.493 e. The highest BCUT2D eigenvalue weighted by Gasteiger charge is 2.36. The molecule has 2 heterocycles. The molecule has 1 saturated heterocycles. The average molecular weight is 438 g/mol. The monoisotopic (exact) mass is 438 g/mol. The summed E-state index contributed by atoms with van der Waals surface area (Å²) in [5, 5.41) is 10.4. The van der Waals surface area contributed by atoms with Crippen LogP contribution >= 0.6 is 0 Å². The third kappa shape index (κ3) is 4.07. The highest BCUT2D eigenvalue weighted by molar-refractivity contribution is 6.04. The third-order valence-corrected chi connectivity index (χ3v) is 5.19. The summed E-state index contributed by atoms with van der Waals surface area (Å²) in [5.41, 5.74) is 1.82. The van der Waals surface area contributed by atoms with Crippen molar-refractivity contribution in [1.29, 1.82) is 0 Å². The lowest BCUT2D eigenvalue weighted by molar-refractivity contribution is -0.122. The first-order chi connectivity index (χ1) is 15.5. The Labute approximate surface area is 184 Å². The standard InChI is InChI=1S/C22H22N4O6/c1-29-17-9-16(10-18(30-2)20(17)31-3)26-11-14(8-19(26)27)21(28)24-15-6-4-5-13(7-15)22-25-23-12-32-22/h4-7,9-10,12,14H,8,11H2,1-3H3,(H,24,28). The van der Waals surface area contributed by atoms with E-state index in [1.165, 1.54) is 27.7 Å². The van der Waals surface area contributed by atoms with E-state index >= 15 is 0 Å². The molecule has 1 N–H and O–H groups in total. The van der Waals surface area contributed by atoms with Gasteiger partial charge in [0.2, 0.25) is 29.8 Å². The lowest BCUT2D eigenvalue weighted by atomic mass is 10.1. The molecule has 1 aliphatic rings. The number of carbonyl (C=O) groups is 2. The number of hydrogen-bond donors (Lipinski definition) is 1. The fourth-order valence-corrected chi connectivity index (χ4v) is 3.63. The molecular formula is C22H22N4O6. The minimum atomic E-state index is -0.520. The summed E-state index contributed by atoms with van der Waals surface area (Å²) in [6, 6.07) is 10.4. The molecular weight excluding hydrogens is 416 g/mol. The summed E-state index contributed by atoms with van der Waals surface area (Å²) in [4.78, 5) is 27.1. The summed E-state index contributed by atoms with van der Waals surface area (Å²) in [7, 11) is 4.52. The Hall–Kier alpha value is -4.08. The number of amides is 2. The Morgan fingerprint density at radius 1 is 1.12 bits per heavy atom. The van der Waals surface area contributed by atoms with E-state index in [2.05, 4.69) is 15.5 Å². The minimum absolute atomic E-state index is 0.0891. The highest BCUT2D eigenvalue weighted by atomic mass is 16.5. The number of hydrogen-bond acceptors (Lipinski definition) is 8. The Bertz CT molecular complexity index is 1110. The van der Waals surface area contributed by atoms with Crippen LogP contribution in [0.5, 0.6) is 17.2 Å². The van der Waals surface area contributed by atoms with Crippen molar-refractivity contribution in [3.63, 3.8) is 0 Å². The van der Waals surface area contributed by atoms with E-state index < -0.39 is 5.92 Å². The molecule has 1 aromatic heterocycles. The number of nitrogens with zero attached hydrogens (tertiary/aromatic N) is 3. The summed E-state index contributed by atoms with van der Waals surface area (Å²) < 4.78 is 21.3. The van der Waals surface area contributed by atoms with Gasteiger partial charge in [-0.25, -0.2) is 0 Å². The molecule has 2 aromatic carbocycles. The maximum atomic E-state index is 12.9. The number of rotatable bonds is 7. The van der Waals surface area contributed by atoms with Gasteiger partial charge in [-0.3, -0.25) is 9.59 Å². The van der Waals surface area contributed by atoms with Crippen molar-refractivity contribution in [1.82, 2.24) is 10.2 Å². The summed E-state index contributed by atoms with van der Waals surface area (Å²) >= 11 is 0. The predicted octanol–water partition coefficient (Wildman–Crippen LogP) is 2.75. The van der Waals surface area contributed by atoms with Crippen molar-refractivity contribution in [3.8, 4) is 28.7 Å². The van der Waals surface area contributed by atoms with Crippen LogP contribution in [0.15, 0.2) is 47.2 Å². The van der Waals surface area contributed by atoms with Gasteiger partial charge < -0.3 is 28.8 Å². The second-order valence-corrected chi connectivity index (χ2v) is 7.10. The maximum absolute atomic E-state index is 12.9. The number of aromatic nitrogens is 2. The number of benzene rings is 2. The minimum Gasteiger partial charge on any atom is -0.493 e. The van der Waals surface area contributed by atoms with Crippen LogP contribution in [0.2, 0.25) is 0 Å². The van der Waals surface area contributed by atoms with E-state index in [1.807, 2.05) is 0 Å². The first-order valence-electron chi connectivity index (χ1n) is 9.82. The van der Waals surface area contributed by atoms with Gasteiger partial charge in [0, 0.05) is 36.3 Å². The highest BCUT2D eigenvalue weighted by Crippen LogP contribution is 2.42. The van der Waals surface area contributed by atoms with Gasteiger partial charge >= 0.3 is 0 Å². The van der Waals surface area contributed by atoms with E-state index in [1.54, 1.807) is 41.3 Å². The molecule has 0 bridgehead atoms. The van der Waals surface area contributed by atoms with E-state index in [4.69, 9.17) is 18.6 Å². The topological polar surface area (TPSA) is 116 Å².